The topological polar surface area (TPSA) is 63.4 Å². The van der Waals surface area contributed by atoms with Gasteiger partial charge in [0.2, 0.25) is 11.8 Å². The van der Waals surface area contributed by atoms with Crippen molar-refractivity contribution < 1.29 is 14.1 Å². The molecule has 5 nitrogen and oxygen atoms in total. The summed E-state index contributed by atoms with van der Waals surface area (Å²) in [6.45, 7) is 8.13. The number of rotatable bonds is 2. The number of hydrogen-bond donors (Lipinski definition) is 0. The molecule has 0 saturated carbocycles. The second-order valence-electron chi connectivity index (χ2n) is 5.74. The van der Waals surface area contributed by atoms with Gasteiger partial charge >= 0.3 is 0 Å². The molecule has 0 aromatic carbocycles. The van der Waals surface area contributed by atoms with Crippen LogP contribution in [-0.2, 0) is 15.0 Å². The zero-order valence-corrected chi connectivity index (χ0v) is 12.4. The van der Waals surface area contributed by atoms with E-state index in [2.05, 4.69) is 5.16 Å². The lowest BCUT2D eigenvalue weighted by atomic mass is 9.92. The average molecular weight is 282 g/mol. The Morgan fingerprint density at radius 1 is 1.53 bits per heavy atom. The number of thioether (sulfide) groups is 1. The molecular weight excluding hydrogens is 264 g/mol. The van der Waals surface area contributed by atoms with E-state index in [9.17, 15) is 9.59 Å². The van der Waals surface area contributed by atoms with Crippen molar-refractivity contribution in [3.63, 3.8) is 0 Å². The molecule has 1 unspecified atom stereocenters. The standard InChI is InChI=1S/C13H18N2O3S/c1-8(16)19-9-5-11(17)15(7-9)12-6-10(14-18-12)13(2,3)4/h6,9H,5,7H2,1-4H3. The summed E-state index contributed by atoms with van der Waals surface area (Å²) in [6.07, 6.45) is 0.371. The molecule has 1 aliphatic rings. The van der Waals surface area contributed by atoms with Gasteiger partial charge in [-0.05, 0) is 0 Å². The van der Waals surface area contributed by atoms with Crippen LogP contribution in [-0.4, -0.2) is 28.0 Å². The molecule has 1 aromatic heterocycles. The highest BCUT2D eigenvalue weighted by Crippen LogP contribution is 2.31. The molecule has 19 heavy (non-hydrogen) atoms. The predicted octanol–water partition coefficient (Wildman–Crippen LogP) is 2.36. The van der Waals surface area contributed by atoms with Crippen LogP contribution in [0.5, 0.6) is 0 Å². The lowest BCUT2D eigenvalue weighted by molar-refractivity contribution is -0.117. The lowest BCUT2D eigenvalue weighted by Gasteiger charge is -2.13. The van der Waals surface area contributed by atoms with E-state index in [0.29, 0.717) is 18.8 Å². The Hall–Kier alpha value is -1.30. The van der Waals surface area contributed by atoms with Crippen molar-refractivity contribution in [1.29, 1.82) is 0 Å². The fourth-order valence-electron chi connectivity index (χ4n) is 1.95. The van der Waals surface area contributed by atoms with E-state index in [1.54, 1.807) is 11.0 Å². The third-order valence-corrected chi connectivity index (χ3v) is 3.94. The fraction of sp³-hybridized carbons (Fsp3) is 0.615. The van der Waals surface area contributed by atoms with Crippen molar-refractivity contribution in [2.24, 2.45) is 0 Å². The maximum Gasteiger partial charge on any atom is 0.234 e. The predicted molar refractivity (Wildman–Crippen MR) is 74.2 cm³/mol. The Bertz CT molecular complexity index is 504. The van der Waals surface area contributed by atoms with Crippen LogP contribution in [0.3, 0.4) is 0 Å². The molecule has 2 heterocycles. The quantitative estimate of drug-likeness (QED) is 0.833. The van der Waals surface area contributed by atoms with Gasteiger partial charge in [-0.25, -0.2) is 0 Å². The molecule has 104 valence electrons. The molecule has 1 aliphatic heterocycles. The van der Waals surface area contributed by atoms with Crippen LogP contribution < -0.4 is 4.90 Å². The SMILES string of the molecule is CC(=O)SC1CC(=O)N(c2cc(C(C)(C)C)no2)C1. The Balaban J connectivity index is 2.12. The molecular formula is C13H18N2O3S. The summed E-state index contributed by atoms with van der Waals surface area (Å²) < 4.78 is 5.26. The first-order chi connectivity index (χ1) is 8.77. The van der Waals surface area contributed by atoms with Gasteiger partial charge in [-0.1, -0.05) is 37.7 Å². The molecule has 2 rings (SSSR count). The fourth-order valence-corrected chi connectivity index (χ4v) is 2.87. The molecule has 0 radical (unpaired) electrons. The number of anilines is 1. The van der Waals surface area contributed by atoms with Crippen LogP contribution >= 0.6 is 11.8 Å². The summed E-state index contributed by atoms with van der Waals surface area (Å²) in [5, 5.41) is 4.05. The van der Waals surface area contributed by atoms with Gasteiger partial charge in [0.25, 0.3) is 0 Å². The Kier molecular flexibility index (Phi) is 3.71. The Morgan fingerprint density at radius 2 is 2.21 bits per heavy atom. The van der Waals surface area contributed by atoms with Crippen LogP contribution in [0.25, 0.3) is 0 Å². The number of amides is 1. The smallest absolute Gasteiger partial charge is 0.234 e. The first-order valence-electron chi connectivity index (χ1n) is 6.22. The zero-order chi connectivity index (χ0) is 14.2. The molecule has 0 N–H and O–H groups in total. The summed E-state index contributed by atoms with van der Waals surface area (Å²) in [5.41, 5.74) is 0.705. The molecule has 0 spiro atoms. The van der Waals surface area contributed by atoms with Crippen molar-refractivity contribution >= 4 is 28.7 Å². The van der Waals surface area contributed by atoms with Gasteiger partial charge in [0.05, 0.1) is 5.69 Å². The highest BCUT2D eigenvalue weighted by molar-refractivity contribution is 8.14. The van der Waals surface area contributed by atoms with Gasteiger partial charge in [0, 0.05) is 36.6 Å². The zero-order valence-electron chi connectivity index (χ0n) is 11.6. The normalized spacial score (nSPS) is 20.1. The summed E-state index contributed by atoms with van der Waals surface area (Å²) in [4.78, 5) is 24.6. The molecule has 1 amide bonds. The van der Waals surface area contributed by atoms with Crippen molar-refractivity contribution in [3.05, 3.63) is 11.8 Å². The van der Waals surface area contributed by atoms with Crippen LogP contribution in [0.15, 0.2) is 10.6 Å². The second-order valence-corrected chi connectivity index (χ2v) is 7.22. The van der Waals surface area contributed by atoms with Crippen molar-refractivity contribution in [2.75, 3.05) is 11.4 Å². The van der Waals surface area contributed by atoms with Crippen LogP contribution in [0.4, 0.5) is 5.88 Å². The largest absolute Gasteiger partial charge is 0.338 e. The first kappa shape index (κ1) is 14.1. The van der Waals surface area contributed by atoms with E-state index in [0.717, 1.165) is 5.69 Å². The summed E-state index contributed by atoms with van der Waals surface area (Å²) in [7, 11) is 0. The van der Waals surface area contributed by atoms with E-state index < -0.39 is 0 Å². The molecule has 1 saturated heterocycles. The minimum absolute atomic E-state index is 0.00758. The Labute approximate surface area is 116 Å². The highest BCUT2D eigenvalue weighted by Gasteiger charge is 2.34. The average Bonchev–Trinajstić information content (AvgIpc) is 2.82. The van der Waals surface area contributed by atoms with Gasteiger partial charge < -0.3 is 4.52 Å². The number of aromatic nitrogens is 1. The molecule has 0 aliphatic carbocycles. The lowest BCUT2D eigenvalue weighted by Crippen LogP contribution is -2.24. The maximum atomic E-state index is 11.9. The monoisotopic (exact) mass is 282 g/mol. The number of nitrogens with zero attached hydrogens (tertiary/aromatic N) is 2. The third-order valence-electron chi connectivity index (χ3n) is 2.95. The van der Waals surface area contributed by atoms with E-state index in [-0.39, 0.29) is 21.7 Å². The number of carbonyl (C=O) groups is 2. The van der Waals surface area contributed by atoms with Crippen LogP contribution in [0.1, 0.15) is 39.8 Å². The minimum atomic E-state index is -0.113. The van der Waals surface area contributed by atoms with Crippen molar-refractivity contribution in [3.8, 4) is 0 Å². The number of carbonyl (C=O) groups excluding carboxylic acids is 2. The molecule has 0 bridgehead atoms. The molecule has 1 fully saturated rings. The summed E-state index contributed by atoms with van der Waals surface area (Å²) >= 11 is 1.21. The van der Waals surface area contributed by atoms with Crippen LogP contribution in [0.2, 0.25) is 0 Å². The second kappa shape index (κ2) is 5.00. The first-order valence-corrected chi connectivity index (χ1v) is 7.10. The van der Waals surface area contributed by atoms with E-state index in [1.807, 2.05) is 20.8 Å². The van der Waals surface area contributed by atoms with E-state index in [4.69, 9.17) is 4.52 Å². The minimum Gasteiger partial charge on any atom is -0.338 e. The van der Waals surface area contributed by atoms with Crippen molar-refractivity contribution in [1.82, 2.24) is 5.16 Å². The van der Waals surface area contributed by atoms with Gasteiger partial charge in [-0.15, -0.1) is 0 Å². The third kappa shape index (κ3) is 3.18. The van der Waals surface area contributed by atoms with Gasteiger partial charge in [0.1, 0.15) is 0 Å². The summed E-state index contributed by atoms with van der Waals surface area (Å²) in [5.74, 6) is 0.455. The highest BCUT2D eigenvalue weighted by atomic mass is 32.2. The molecule has 6 heteroatoms. The van der Waals surface area contributed by atoms with E-state index in [1.165, 1.54) is 18.7 Å². The van der Waals surface area contributed by atoms with Gasteiger partial charge in [-0.3, -0.25) is 14.5 Å². The summed E-state index contributed by atoms with van der Waals surface area (Å²) in [6, 6.07) is 1.80. The number of hydrogen-bond acceptors (Lipinski definition) is 5. The van der Waals surface area contributed by atoms with Crippen LogP contribution in [0, 0.1) is 0 Å². The molecule has 1 aromatic rings. The van der Waals surface area contributed by atoms with Crippen molar-refractivity contribution in [2.45, 2.75) is 44.8 Å². The van der Waals surface area contributed by atoms with Gasteiger partial charge in [-0.2, -0.15) is 0 Å². The van der Waals surface area contributed by atoms with E-state index >= 15 is 0 Å². The maximum absolute atomic E-state index is 11.9. The molecule has 1 atom stereocenters. The van der Waals surface area contributed by atoms with Gasteiger partial charge in [0.15, 0.2) is 5.12 Å². The Morgan fingerprint density at radius 3 is 2.74 bits per heavy atom.